The highest BCUT2D eigenvalue weighted by Gasteiger charge is 2.12. The Balaban J connectivity index is 2.22. The van der Waals surface area contributed by atoms with Crippen LogP contribution >= 0.6 is 11.6 Å². The van der Waals surface area contributed by atoms with Crippen molar-refractivity contribution < 1.29 is 14.0 Å². The highest BCUT2D eigenvalue weighted by atomic mass is 35.5. The molecule has 0 aliphatic rings. The van der Waals surface area contributed by atoms with Crippen molar-refractivity contribution in [1.29, 1.82) is 0 Å². The molecular weight excluding hydrogens is 297 g/mol. The Bertz CT molecular complexity index is 706. The lowest BCUT2D eigenvalue weighted by Gasteiger charge is -2.09. The quantitative estimate of drug-likeness (QED) is 0.915. The Hall–Kier alpha value is -2.47. The zero-order valence-corrected chi connectivity index (χ0v) is 11.7. The molecule has 0 fully saturated rings. The number of nitrogens with zero attached hydrogens (tertiary/aromatic N) is 1. The first-order valence-electron chi connectivity index (χ1n) is 5.96. The molecule has 0 saturated carbocycles. The molecule has 1 aromatic carbocycles. The van der Waals surface area contributed by atoms with Crippen LogP contribution in [0.3, 0.4) is 0 Å². The van der Waals surface area contributed by atoms with E-state index in [1.807, 2.05) is 0 Å². The lowest BCUT2D eigenvalue weighted by Crippen LogP contribution is -2.15. The molecule has 1 heterocycles. The van der Waals surface area contributed by atoms with Crippen molar-refractivity contribution in [3.8, 4) is 0 Å². The standard InChI is InChI=1S/C14H11ClFN3O2/c1-8(20)18-10-2-3-11(16)12(7-10)19-14(21)13-6-9(15)4-5-17-13/h2-7H,1H3,(H,18,20)(H,19,21). The van der Waals surface area contributed by atoms with Gasteiger partial charge in [0.05, 0.1) is 5.69 Å². The molecule has 1 aromatic heterocycles. The van der Waals surface area contributed by atoms with Crippen LogP contribution in [-0.2, 0) is 4.79 Å². The van der Waals surface area contributed by atoms with Gasteiger partial charge in [0.15, 0.2) is 0 Å². The van der Waals surface area contributed by atoms with Crippen LogP contribution in [0.4, 0.5) is 15.8 Å². The highest BCUT2D eigenvalue weighted by molar-refractivity contribution is 6.30. The monoisotopic (exact) mass is 307 g/mol. The minimum absolute atomic E-state index is 0.0619. The molecule has 5 nitrogen and oxygen atoms in total. The number of benzene rings is 1. The van der Waals surface area contributed by atoms with Gasteiger partial charge in [-0.2, -0.15) is 0 Å². The van der Waals surface area contributed by atoms with Gasteiger partial charge in [-0.25, -0.2) is 4.39 Å². The van der Waals surface area contributed by atoms with E-state index in [0.717, 1.165) is 6.07 Å². The second-order valence-corrected chi connectivity index (χ2v) is 4.63. The molecule has 108 valence electrons. The Kier molecular flexibility index (Phi) is 4.49. The second kappa shape index (κ2) is 6.32. The molecule has 7 heteroatoms. The number of anilines is 2. The first kappa shape index (κ1) is 14.9. The second-order valence-electron chi connectivity index (χ2n) is 4.19. The van der Waals surface area contributed by atoms with Crippen molar-refractivity contribution >= 4 is 34.8 Å². The number of halogens is 2. The summed E-state index contributed by atoms with van der Waals surface area (Å²) in [6.07, 6.45) is 1.38. The molecule has 0 aliphatic carbocycles. The molecule has 0 aliphatic heterocycles. The van der Waals surface area contributed by atoms with Gasteiger partial charge in [-0.15, -0.1) is 0 Å². The SMILES string of the molecule is CC(=O)Nc1ccc(F)c(NC(=O)c2cc(Cl)ccn2)c1. The predicted octanol–water partition coefficient (Wildman–Crippen LogP) is 3.08. The number of nitrogens with one attached hydrogen (secondary N) is 2. The lowest BCUT2D eigenvalue weighted by atomic mass is 10.2. The fourth-order valence-electron chi connectivity index (χ4n) is 1.62. The summed E-state index contributed by atoms with van der Waals surface area (Å²) in [7, 11) is 0. The summed E-state index contributed by atoms with van der Waals surface area (Å²) in [5.41, 5.74) is 0.373. The number of hydrogen-bond donors (Lipinski definition) is 2. The number of pyridine rings is 1. The van der Waals surface area contributed by atoms with Crippen LogP contribution in [0.2, 0.25) is 5.02 Å². The average Bonchev–Trinajstić information content (AvgIpc) is 2.42. The van der Waals surface area contributed by atoms with Crippen molar-refractivity contribution in [2.75, 3.05) is 10.6 Å². The molecule has 2 N–H and O–H groups in total. The molecule has 2 aromatic rings. The molecule has 0 spiro atoms. The summed E-state index contributed by atoms with van der Waals surface area (Å²) in [5, 5.41) is 5.23. The molecule has 0 radical (unpaired) electrons. The van der Waals surface area contributed by atoms with Gasteiger partial charge < -0.3 is 10.6 Å². The number of hydrogen-bond acceptors (Lipinski definition) is 3. The van der Waals surface area contributed by atoms with E-state index in [0.29, 0.717) is 10.7 Å². The van der Waals surface area contributed by atoms with Gasteiger partial charge in [-0.3, -0.25) is 14.6 Å². The van der Waals surface area contributed by atoms with E-state index in [9.17, 15) is 14.0 Å². The lowest BCUT2D eigenvalue weighted by molar-refractivity contribution is -0.114. The Morgan fingerprint density at radius 2 is 1.95 bits per heavy atom. The summed E-state index contributed by atoms with van der Waals surface area (Å²) in [4.78, 5) is 26.8. The zero-order valence-electron chi connectivity index (χ0n) is 11.0. The smallest absolute Gasteiger partial charge is 0.274 e. The van der Waals surface area contributed by atoms with Crippen molar-refractivity contribution in [2.45, 2.75) is 6.92 Å². The van der Waals surface area contributed by atoms with Crippen molar-refractivity contribution in [1.82, 2.24) is 4.98 Å². The highest BCUT2D eigenvalue weighted by Crippen LogP contribution is 2.20. The summed E-state index contributed by atoms with van der Waals surface area (Å²) in [6.45, 7) is 1.33. The van der Waals surface area contributed by atoms with Crippen molar-refractivity contribution in [3.05, 3.63) is 53.1 Å². The van der Waals surface area contributed by atoms with Crippen LogP contribution in [0, 0.1) is 5.82 Å². The summed E-state index contributed by atoms with van der Waals surface area (Å²) in [6, 6.07) is 6.75. The molecular formula is C14H11ClFN3O2. The van der Waals surface area contributed by atoms with Crippen LogP contribution in [0.5, 0.6) is 0 Å². The number of carbonyl (C=O) groups is 2. The van der Waals surface area contributed by atoms with Gasteiger partial charge in [-0.1, -0.05) is 11.6 Å². The Morgan fingerprint density at radius 3 is 2.62 bits per heavy atom. The predicted molar refractivity (Wildman–Crippen MR) is 77.9 cm³/mol. The van der Waals surface area contributed by atoms with E-state index < -0.39 is 11.7 Å². The molecule has 0 atom stereocenters. The fraction of sp³-hybridized carbons (Fsp3) is 0.0714. The van der Waals surface area contributed by atoms with Crippen LogP contribution < -0.4 is 10.6 Å². The number of aromatic nitrogens is 1. The molecule has 0 unspecified atom stereocenters. The Morgan fingerprint density at radius 1 is 1.19 bits per heavy atom. The van der Waals surface area contributed by atoms with E-state index in [2.05, 4.69) is 15.6 Å². The van der Waals surface area contributed by atoms with Gasteiger partial charge in [0.1, 0.15) is 11.5 Å². The summed E-state index contributed by atoms with van der Waals surface area (Å²) < 4.78 is 13.7. The van der Waals surface area contributed by atoms with Crippen LogP contribution in [0.1, 0.15) is 17.4 Å². The van der Waals surface area contributed by atoms with Gasteiger partial charge >= 0.3 is 0 Å². The van der Waals surface area contributed by atoms with Gasteiger partial charge in [0.25, 0.3) is 5.91 Å². The first-order valence-corrected chi connectivity index (χ1v) is 6.33. The maximum Gasteiger partial charge on any atom is 0.274 e. The molecule has 0 saturated heterocycles. The third-order valence-corrected chi connectivity index (χ3v) is 2.72. The largest absolute Gasteiger partial charge is 0.326 e. The number of amides is 2. The van der Waals surface area contributed by atoms with E-state index in [1.54, 1.807) is 0 Å². The van der Waals surface area contributed by atoms with Crippen molar-refractivity contribution in [2.24, 2.45) is 0 Å². The number of rotatable bonds is 3. The molecule has 2 rings (SSSR count). The molecule has 21 heavy (non-hydrogen) atoms. The minimum atomic E-state index is -0.625. The van der Waals surface area contributed by atoms with Crippen molar-refractivity contribution in [3.63, 3.8) is 0 Å². The van der Waals surface area contributed by atoms with Crippen LogP contribution in [0.15, 0.2) is 36.5 Å². The average molecular weight is 308 g/mol. The third-order valence-electron chi connectivity index (χ3n) is 2.49. The van der Waals surface area contributed by atoms with E-state index in [4.69, 9.17) is 11.6 Å². The van der Waals surface area contributed by atoms with Crippen LogP contribution in [0.25, 0.3) is 0 Å². The Labute approximate surface area is 125 Å². The minimum Gasteiger partial charge on any atom is -0.326 e. The van der Waals surface area contributed by atoms with Gasteiger partial charge in [0, 0.05) is 23.8 Å². The summed E-state index contributed by atoms with van der Waals surface area (Å²) >= 11 is 5.76. The molecule has 2 amide bonds. The normalized spacial score (nSPS) is 10.0. The maximum absolute atomic E-state index is 13.7. The topological polar surface area (TPSA) is 71.1 Å². The van der Waals surface area contributed by atoms with E-state index in [1.165, 1.54) is 37.4 Å². The summed E-state index contributed by atoms with van der Waals surface area (Å²) in [5.74, 6) is -1.52. The maximum atomic E-state index is 13.7. The zero-order chi connectivity index (χ0) is 15.4. The van der Waals surface area contributed by atoms with E-state index >= 15 is 0 Å². The first-order chi connectivity index (χ1) is 9.95. The van der Waals surface area contributed by atoms with Crippen LogP contribution in [-0.4, -0.2) is 16.8 Å². The van der Waals surface area contributed by atoms with Gasteiger partial charge in [0.2, 0.25) is 5.91 Å². The van der Waals surface area contributed by atoms with Gasteiger partial charge in [-0.05, 0) is 30.3 Å². The molecule has 0 bridgehead atoms. The number of carbonyl (C=O) groups excluding carboxylic acids is 2. The fourth-order valence-corrected chi connectivity index (χ4v) is 1.78. The van der Waals surface area contributed by atoms with E-state index in [-0.39, 0.29) is 17.3 Å². The third kappa shape index (κ3) is 4.00.